The maximum Gasteiger partial charge on any atom is 0.0701 e. The van der Waals surface area contributed by atoms with Crippen molar-refractivity contribution in [3.8, 4) is 0 Å². The first kappa shape index (κ1) is 19.8. The molecule has 4 nitrogen and oxygen atoms in total. The summed E-state index contributed by atoms with van der Waals surface area (Å²) in [6, 6.07) is 1.26. The Morgan fingerprint density at radius 2 is 0.950 bits per heavy atom. The lowest BCUT2D eigenvalue weighted by Crippen LogP contribution is -2.31. The highest BCUT2D eigenvalue weighted by Crippen LogP contribution is 1.95. The van der Waals surface area contributed by atoms with E-state index < -0.39 is 0 Å². The second-order valence-corrected chi connectivity index (χ2v) is 5.16. The summed E-state index contributed by atoms with van der Waals surface area (Å²) < 4.78 is 11.1. The molecule has 0 rings (SSSR count). The van der Waals surface area contributed by atoms with Crippen molar-refractivity contribution in [1.82, 2.24) is 10.6 Å². The van der Waals surface area contributed by atoms with Crippen molar-refractivity contribution < 1.29 is 9.47 Å². The maximum absolute atomic E-state index is 5.54. The van der Waals surface area contributed by atoms with Gasteiger partial charge in [-0.15, -0.1) is 0 Å². The number of hydrogen-bond acceptors (Lipinski definition) is 4. The largest absolute Gasteiger partial charge is 0.378 e. The summed E-state index contributed by atoms with van der Waals surface area (Å²) >= 11 is 0. The third-order valence-electron chi connectivity index (χ3n) is 3.70. The van der Waals surface area contributed by atoms with Crippen LogP contribution in [0.15, 0.2) is 0 Å². The molecule has 20 heavy (non-hydrogen) atoms. The average Bonchev–Trinajstić information content (AvgIpc) is 2.49. The van der Waals surface area contributed by atoms with Gasteiger partial charge in [-0.3, -0.25) is 0 Å². The number of hydrogen-bond donors (Lipinski definition) is 2. The van der Waals surface area contributed by atoms with Gasteiger partial charge in [0, 0.05) is 25.2 Å². The summed E-state index contributed by atoms with van der Waals surface area (Å²) in [6.45, 7) is 13.6. The van der Waals surface area contributed by atoms with E-state index in [1.165, 1.54) is 25.7 Å². The molecule has 0 saturated heterocycles. The summed E-state index contributed by atoms with van der Waals surface area (Å²) in [4.78, 5) is 0. The molecular formula is C16H36N2O2. The van der Waals surface area contributed by atoms with Gasteiger partial charge in [0.05, 0.1) is 26.4 Å². The molecule has 0 aliphatic heterocycles. The Balaban J connectivity index is 3.17. The molecule has 0 bridgehead atoms. The van der Waals surface area contributed by atoms with Gasteiger partial charge < -0.3 is 20.1 Å². The Morgan fingerprint density at radius 1 is 0.600 bits per heavy atom. The zero-order valence-electron chi connectivity index (χ0n) is 14.0. The van der Waals surface area contributed by atoms with Crippen molar-refractivity contribution in [1.29, 1.82) is 0 Å². The molecular weight excluding hydrogens is 252 g/mol. The quantitative estimate of drug-likeness (QED) is 0.455. The fraction of sp³-hybridized carbons (Fsp3) is 1.00. The maximum atomic E-state index is 5.54. The number of nitrogens with one attached hydrogen (secondary N) is 2. The standard InChI is InChI=1S/C16H36N2O2/c1-5-15(6-2)17-9-11-19-13-14-20-12-10-18-16(7-3)8-4/h15-18H,5-14H2,1-4H3. The van der Waals surface area contributed by atoms with Crippen LogP contribution in [-0.2, 0) is 9.47 Å². The number of ether oxygens (including phenoxy) is 2. The van der Waals surface area contributed by atoms with Crippen LogP contribution in [0.4, 0.5) is 0 Å². The third kappa shape index (κ3) is 11.6. The second-order valence-electron chi connectivity index (χ2n) is 5.16. The third-order valence-corrected chi connectivity index (χ3v) is 3.70. The monoisotopic (exact) mass is 288 g/mol. The van der Waals surface area contributed by atoms with Crippen LogP contribution >= 0.6 is 0 Å². The highest BCUT2D eigenvalue weighted by atomic mass is 16.5. The van der Waals surface area contributed by atoms with E-state index in [0.717, 1.165) is 26.3 Å². The van der Waals surface area contributed by atoms with Gasteiger partial charge in [-0.2, -0.15) is 0 Å². The van der Waals surface area contributed by atoms with Gasteiger partial charge >= 0.3 is 0 Å². The summed E-state index contributed by atoms with van der Waals surface area (Å²) in [5.41, 5.74) is 0. The fourth-order valence-corrected chi connectivity index (χ4v) is 2.15. The molecule has 0 aliphatic rings. The lowest BCUT2D eigenvalue weighted by molar-refractivity contribution is 0.0485. The van der Waals surface area contributed by atoms with Crippen molar-refractivity contribution in [2.75, 3.05) is 39.5 Å². The molecule has 4 heteroatoms. The topological polar surface area (TPSA) is 42.5 Å². The van der Waals surface area contributed by atoms with E-state index >= 15 is 0 Å². The summed E-state index contributed by atoms with van der Waals surface area (Å²) in [5.74, 6) is 0. The van der Waals surface area contributed by atoms with Crippen LogP contribution < -0.4 is 10.6 Å². The first-order valence-corrected chi connectivity index (χ1v) is 8.40. The van der Waals surface area contributed by atoms with Gasteiger partial charge in [-0.1, -0.05) is 27.7 Å². The fourth-order valence-electron chi connectivity index (χ4n) is 2.15. The molecule has 0 amide bonds. The van der Waals surface area contributed by atoms with Gasteiger partial charge in [0.15, 0.2) is 0 Å². The molecule has 0 atom stereocenters. The molecule has 0 fully saturated rings. The summed E-state index contributed by atoms with van der Waals surface area (Å²) in [5, 5.41) is 6.96. The van der Waals surface area contributed by atoms with Gasteiger partial charge in [0.1, 0.15) is 0 Å². The molecule has 122 valence electrons. The SMILES string of the molecule is CCC(CC)NCCOCCOCCNC(CC)CC. The van der Waals surface area contributed by atoms with E-state index in [4.69, 9.17) is 9.47 Å². The predicted molar refractivity (Wildman–Crippen MR) is 86.4 cm³/mol. The Hall–Kier alpha value is -0.160. The van der Waals surface area contributed by atoms with Gasteiger partial charge in [-0.25, -0.2) is 0 Å². The second kappa shape index (κ2) is 15.2. The molecule has 0 aromatic heterocycles. The van der Waals surface area contributed by atoms with Crippen molar-refractivity contribution in [2.24, 2.45) is 0 Å². The van der Waals surface area contributed by atoms with E-state index in [2.05, 4.69) is 38.3 Å². The van der Waals surface area contributed by atoms with E-state index in [1.807, 2.05) is 0 Å². The van der Waals surface area contributed by atoms with Crippen LogP contribution in [0, 0.1) is 0 Å². The zero-order valence-corrected chi connectivity index (χ0v) is 14.0. The van der Waals surface area contributed by atoms with Crippen LogP contribution in [0.5, 0.6) is 0 Å². The molecule has 0 aliphatic carbocycles. The van der Waals surface area contributed by atoms with E-state index in [9.17, 15) is 0 Å². The molecule has 0 radical (unpaired) electrons. The summed E-state index contributed by atoms with van der Waals surface area (Å²) in [6.07, 6.45) is 4.73. The van der Waals surface area contributed by atoms with E-state index in [-0.39, 0.29) is 0 Å². The van der Waals surface area contributed by atoms with Crippen LogP contribution in [-0.4, -0.2) is 51.6 Å². The van der Waals surface area contributed by atoms with Gasteiger partial charge in [0.2, 0.25) is 0 Å². The van der Waals surface area contributed by atoms with Gasteiger partial charge in [0.25, 0.3) is 0 Å². The smallest absolute Gasteiger partial charge is 0.0701 e. The molecule has 0 aromatic rings. The lowest BCUT2D eigenvalue weighted by atomic mass is 10.2. The Kier molecular flexibility index (Phi) is 15.1. The molecule has 0 aromatic carbocycles. The first-order valence-electron chi connectivity index (χ1n) is 8.40. The molecule has 0 spiro atoms. The minimum Gasteiger partial charge on any atom is -0.378 e. The molecule has 0 unspecified atom stereocenters. The van der Waals surface area contributed by atoms with Crippen molar-refractivity contribution in [3.63, 3.8) is 0 Å². The highest BCUT2D eigenvalue weighted by Gasteiger charge is 2.01. The van der Waals surface area contributed by atoms with Crippen LogP contribution in [0.1, 0.15) is 53.4 Å². The van der Waals surface area contributed by atoms with E-state index in [0.29, 0.717) is 25.3 Å². The van der Waals surface area contributed by atoms with E-state index in [1.54, 1.807) is 0 Å². The molecule has 2 N–H and O–H groups in total. The Bertz CT molecular complexity index is 163. The predicted octanol–water partition coefficient (Wildman–Crippen LogP) is 2.58. The van der Waals surface area contributed by atoms with Crippen LogP contribution in [0.3, 0.4) is 0 Å². The van der Waals surface area contributed by atoms with Crippen molar-refractivity contribution >= 4 is 0 Å². The van der Waals surface area contributed by atoms with Crippen LogP contribution in [0.2, 0.25) is 0 Å². The van der Waals surface area contributed by atoms with Gasteiger partial charge in [-0.05, 0) is 25.7 Å². The lowest BCUT2D eigenvalue weighted by Gasteiger charge is -2.15. The minimum absolute atomic E-state index is 0.631. The Labute approximate surface area is 126 Å². The van der Waals surface area contributed by atoms with Crippen molar-refractivity contribution in [3.05, 3.63) is 0 Å². The average molecular weight is 288 g/mol. The first-order chi connectivity index (χ1) is 9.78. The zero-order chi connectivity index (χ0) is 15.1. The minimum atomic E-state index is 0.631. The highest BCUT2D eigenvalue weighted by molar-refractivity contribution is 4.62. The Morgan fingerprint density at radius 3 is 1.25 bits per heavy atom. The summed E-state index contributed by atoms with van der Waals surface area (Å²) in [7, 11) is 0. The van der Waals surface area contributed by atoms with Crippen LogP contribution in [0.25, 0.3) is 0 Å². The number of rotatable bonds is 15. The molecule has 0 heterocycles. The normalized spacial score (nSPS) is 11.7. The molecule has 0 saturated carbocycles. The van der Waals surface area contributed by atoms with Crippen molar-refractivity contribution in [2.45, 2.75) is 65.5 Å².